The molecule has 3 N–H and O–H groups in total. The number of nitrogens with one attached hydrogen (secondary N) is 2. The number of hydrogen-bond donors (Lipinski definition) is 3. The van der Waals surface area contributed by atoms with Crippen LogP contribution in [0.3, 0.4) is 0 Å². The van der Waals surface area contributed by atoms with Crippen LogP contribution < -0.4 is 5.32 Å². The van der Waals surface area contributed by atoms with Crippen LogP contribution in [0, 0.1) is 0 Å². The van der Waals surface area contributed by atoms with Crippen molar-refractivity contribution >= 4 is 38.7 Å². The Kier molecular flexibility index (Phi) is 5.79. The van der Waals surface area contributed by atoms with Gasteiger partial charge in [-0.25, -0.2) is 4.79 Å². The number of carbonyl (C=O) groups excluding carboxylic acids is 1. The molecular weight excluding hydrogens is 364 g/mol. The highest BCUT2D eigenvalue weighted by atomic mass is 79.9. The van der Waals surface area contributed by atoms with Gasteiger partial charge in [-0.2, -0.15) is 0 Å². The zero-order valence-electron chi connectivity index (χ0n) is 12.9. The Hall–Kier alpha value is -1.86. The summed E-state index contributed by atoms with van der Waals surface area (Å²) in [5.41, 5.74) is 1.74. The third-order valence-corrected chi connectivity index (χ3v) is 4.38. The summed E-state index contributed by atoms with van der Waals surface area (Å²) in [7, 11) is 1.43. The average molecular weight is 383 g/mol. The van der Waals surface area contributed by atoms with Crippen molar-refractivity contribution < 1.29 is 19.4 Å². The number of hydrogen-bond acceptors (Lipinski definition) is 3. The highest BCUT2D eigenvalue weighted by Gasteiger charge is 2.25. The molecule has 0 bridgehead atoms. The maximum absolute atomic E-state index is 12.1. The normalized spacial score (nSPS) is 13.7. The van der Waals surface area contributed by atoms with Crippen molar-refractivity contribution in [3.63, 3.8) is 0 Å². The first-order chi connectivity index (χ1) is 11.0. The minimum absolute atomic E-state index is 0.184. The number of aromatic nitrogens is 1. The maximum atomic E-state index is 12.1. The van der Waals surface area contributed by atoms with E-state index in [-0.39, 0.29) is 6.42 Å². The third kappa shape index (κ3) is 3.92. The molecule has 1 aromatic heterocycles. The first-order valence-electron chi connectivity index (χ1n) is 7.28. The fraction of sp³-hybridized carbons (Fsp3) is 0.375. The Morgan fingerprint density at radius 3 is 2.78 bits per heavy atom. The van der Waals surface area contributed by atoms with Gasteiger partial charge < -0.3 is 20.1 Å². The number of aromatic amines is 1. The van der Waals surface area contributed by atoms with Gasteiger partial charge in [-0.05, 0) is 24.1 Å². The van der Waals surface area contributed by atoms with E-state index < -0.39 is 24.0 Å². The molecule has 0 radical (unpaired) electrons. The molecule has 2 atom stereocenters. The standard InChI is InChI=1S/C16H19BrN2O4/c1-3-13(23-2)15(20)19-12(16(21)22)7-9-8-18-11-6-4-5-10(17)14(9)11/h4-6,8,12-13,18H,3,7H2,1-2H3,(H,19,20)(H,21,22). The molecule has 1 heterocycles. The number of amides is 1. The molecule has 0 aliphatic heterocycles. The number of carbonyl (C=O) groups is 2. The fourth-order valence-electron chi connectivity index (χ4n) is 2.51. The quantitative estimate of drug-likeness (QED) is 0.685. The number of halogens is 1. The van der Waals surface area contributed by atoms with E-state index in [0.29, 0.717) is 6.42 Å². The van der Waals surface area contributed by atoms with Crippen LogP contribution in [-0.4, -0.2) is 41.2 Å². The van der Waals surface area contributed by atoms with Crippen LogP contribution >= 0.6 is 15.9 Å². The Morgan fingerprint density at radius 1 is 1.43 bits per heavy atom. The molecule has 124 valence electrons. The molecule has 0 saturated heterocycles. The molecule has 7 heteroatoms. The number of benzene rings is 1. The van der Waals surface area contributed by atoms with Crippen LogP contribution in [-0.2, 0) is 20.7 Å². The number of rotatable bonds is 7. The molecule has 23 heavy (non-hydrogen) atoms. The van der Waals surface area contributed by atoms with E-state index in [1.165, 1.54) is 7.11 Å². The van der Waals surface area contributed by atoms with E-state index in [0.717, 1.165) is 20.9 Å². The summed E-state index contributed by atoms with van der Waals surface area (Å²) in [6.45, 7) is 1.81. The largest absolute Gasteiger partial charge is 0.480 e. The predicted molar refractivity (Wildman–Crippen MR) is 90.4 cm³/mol. The fourth-order valence-corrected chi connectivity index (χ4v) is 3.13. The van der Waals surface area contributed by atoms with Crippen molar-refractivity contribution in [1.82, 2.24) is 10.3 Å². The minimum Gasteiger partial charge on any atom is -0.480 e. The lowest BCUT2D eigenvalue weighted by Crippen LogP contribution is -2.47. The van der Waals surface area contributed by atoms with E-state index in [1.54, 1.807) is 13.1 Å². The molecule has 6 nitrogen and oxygen atoms in total. The number of fused-ring (bicyclic) bond motifs is 1. The summed E-state index contributed by atoms with van der Waals surface area (Å²) in [6.07, 6.45) is 1.79. The number of H-pyrrole nitrogens is 1. The second kappa shape index (κ2) is 7.61. The first-order valence-corrected chi connectivity index (χ1v) is 8.07. The average Bonchev–Trinajstić information content (AvgIpc) is 2.92. The summed E-state index contributed by atoms with van der Waals surface area (Å²) >= 11 is 3.48. The number of carboxylic acids is 1. The van der Waals surface area contributed by atoms with Gasteiger partial charge in [0.2, 0.25) is 5.91 Å². The van der Waals surface area contributed by atoms with Gasteiger partial charge in [0.1, 0.15) is 12.1 Å². The van der Waals surface area contributed by atoms with Gasteiger partial charge in [0.15, 0.2) is 0 Å². The SMILES string of the molecule is CCC(OC)C(=O)NC(Cc1c[nH]c2cccc(Br)c12)C(=O)O. The molecule has 2 aromatic rings. The topological polar surface area (TPSA) is 91.4 Å². The first kappa shape index (κ1) is 17.5. The number of methoxy groups -OCH3 is 1. The monoisotopic (exact) mass is 382 g/mol. The summed E-state index contributed by atoms with van der Waals surface area (Å²) in [5.74, 6) is -1.49. The summed E-state index contributed by atoms with van der Waals surface area (Å²) in [4.78, 5) is 26.7. The summed E-state index contributed by atoms with van der Waals surface area (Å²) in [6, 6.07) is 4.69. The predicted octanol–water partition coefficient (Wildman–Crippen LogP) is 2.47. The smallest absolute Gasteiger partial charge is 0.326 e. The van der Waals surface area contributed by atoms with Crippen LogP contribution in [0.15, 0.2) is 28.9 Å². The molecule has 0 aliphatic carbocycles. The minimum atomic E-state index is -1.08. The summed E-state index contributed by atoms with van der Waals surface area (Å²) in [5, 5.41) is 12.9. The van der Waals surface area contributed by atoms with Gasteiger partial charge in [0.05, 0.1) is 0 Å². The van der Waals surface area contributed by atoms with E-state index >= 15 is 0 Å². The van der Waals surface area contributed by atoms with Gasteiger partial charge in [-0.15, -0.1) is 0 Å². The molecule has 2 unspecified atom stereocenters. The Balaban J connectivity index is 2.22. The van der Waals surface area contributed by atoms with Gasteiger partial charge in [-0.3, -0.25) is 4.79 Å². The molecule has 0 saturated carbocycles. The van der Waals surface area contributed by atoms with Crippen molar-refractivity contribution in [3.8, 4) is 0 Å². The van der Waals surface area contributed by atoms with Gasteiger partial charge in [0.25, 0.3) is 0 Å². The van der Waals surface area contributed by atoms with E-state index in [9.17, 15) is 14.7 Å². The Labute approximate surface area is 142 Å². The third-order valence-electron chi connectivity index (χ3n) is 3.72. The van der Waals surface area contributed by atoms with Crippen molar-refractivity contribution in [3.05, 3.63) is 34.4 Å². The van der Waals surface area contributed by atoms with Crippen molar-refractivity contribution in [1.29, 1.82) is 0 Å². The van der Waals surface area contributed by atoms with Crippen LogP contribution in [0.1, 0.15) is 18.9 Å². The molecule has 2 rings (SSSR count). The highest BCUT2D eigenvalue weighted by molar-refractivity contribution is 9.10. The molecule has 0 fully saturated rings. The second-order valence-electron chi connectivity index (χ2n) is 5.21. The van der Waals surface area contributed by atoms with Crippen LogP contribution in [0.2, 0.25) is 0 Å². The van der Waals surface area contributed by atoms with E-state index in [1.807, 2.05) is 18.2 Å². The van der Waals surface area contributed by atoms with Gasteiger partial charge in [-0.1, -0.05) is 28.9 Å². The lowest BCUT2D eigenvalue weighted by molar-refractivity contribution is -0.143. The van der Waals surface area contributed by atoms with Crippen LogP contribution in [0.25, 0.3) is 10.9 Å². The molecule has 1 aromatic carbocycles. The zero-order chi connectivity index (χ0) is 17.0. The van der Waals surface area contributed by atoms with Crippen molar-refractivity contribution in [2.45, 2.75) is 31.9 Å². The Morgan fingerprint density at radius 2 is 2.17 bits per heavy atom. The van der Waals surface area contributed by atoms with Gasteiger partial charge >= 0.3 is 5.97 Å². The van der Waals surface area contributed by atoms with Gasteiger partial charge in [0, 0.05) is 35.1 Å². The maximum Gasteiger partial charge on any atom is 0.326 e. The van der Waals surface area contributed by atoms with E-state index in [2.05, 4.69) is 26.2 Å². The van der Waals surface area contributed by atoms with Crippen molar-refractivity contribution in [2.24, 2.45) is 0 Å². The molecular formula is C16H19BrN2O4. The molecule has 1 amide bonds. The van der Waals surface area contributed by atoms with E-state index in [4.69, 9.17) is 4.74 Å². The molecule has 0 aliphatic rings. The van der Waals surface area contributed by atoms with Crippen molar-refractivity contribution in [2.75, 3.05) is 7.11 Å². The summed E-state index contributed by atoms with van der Waals surface area (Å²) < 4.78 is 5.93. The van der Waals surface area contributed by atoms with Crippen LogP contribution in [0.4, 0.5) is 0 Å². The highest BCUT2D eigenvalue weighted by Crippen LogP contribution is 2.27. The lowest BCUT2D eigenvalue weighted by Gasteiger charge is -2.18. The second-order valence-corrected chi connectivity index (χ2v) is 6.07. The zero-order valence-corrected chi connectivity index (χ0v) is 14.5. The molecule has 0 spiro atoms. The Bertz CT molecular complexity index is 709. The van der Waals surface area contributed by atoms with Crippen LogP contribution in [0.5, 0.6) is 0 Å². The number of carboxylic acid groups (broad SMARTS) is 1. The number of aliphatic carboxylic acids is 1. The lowest BCUT2D eigenvalue weighted by atomic mass is 10.0. The number of ether oxygens (including phenoxy) is 1.